The van der Waals surface area contributed by atoms with E-state index in [0.29, 0.717) is 17.1 Å². The van der Waals surface area contributed by atoms with E-state index >= 15 is 0 Å². The van der Waals surface area contributed by atoms with Crippen LogP contribution in [0.15, 0.2) is 30.5 Å². The number of aromatic nitrogens is 2. The number of benzene rings is 1. The number of nitrogens with zero attached hydrogens (tertiary/aromatic N) is 3. The van der Waals surface area contributed by atoms with Gasteiger partial charge >= 0.3 is 0 Å². The van der Waals surface area contributed by atoms with Gasteiger partial charge in [-0.15, -0.1) is 0 Å². The highest BCUT2D eigenvalue weighted by molar-refractivity contribution is 6.31. The minimum absolute atomic E-state index is 0.337. The van der Waals surface area contributed by atoms with Crippen molar-refractivity contribution in [1.82, 2.24) is 20.0 Å². The Kier molecular flexibility index (Phi) is 4.66. The average molecular weight is 335 g/mol. The Bertz CT molecular complexity index is 716. The van der Waals surface area contributed by atoms with Gasteiger partial charge in [-0.1, -0.05) is 29.8 Å². The number of aliphatic hydroxyl groups is 1. The monoisotopic (exact) mass is 334 g/mol. The summed E-state index contributed by atoms with van der Waals surface area (Å²) in [5.74, 6) is -0.470. The van der Waals surface area contributed by atoms with Crippen molar-refractivity contribution in [2.45, 2.75) is 25.7 Å². The van der Waals surface area contributed by atoms with Crippen molar-refractivity contribution in [3.8, 4) is 0 Å². The summed E-state index contributed by atoms with van der Waals surface area (Å²) in [5.41, 5.74) is 2.48. The number of nitrogens with one attached hydrogen (secondary N) is 1. The van der Waals surface area contributed by atoms with Crippen molar-refractivity contribution in [2.24, 2.45) is 0 Å². The highest BCUT2D eigenvalue weighted by Gasteiger charge is 2.22. The van der Waals surface area contributed by atoms with Crippen LogP contribution < -0.4 is 5.32 Å². The third kappa shape index (κ3) is 3.39. The van der Waals surface area contributed by atoms with E-state index < -0.39 is 12.0 Å². The molecule has 0 saturated heterocycles. The summed E-state index contributed by atoms with van der Waals surface area (Å²) in [4.78, 5) is 14.4. The number of hydrogen-bond acceptors (Lipinski definition) is 4. The van der Waals surface area contributed by atoms with Gasteiger partial charge in [0.25, 0.3) is 5.91 Å². The SMILES string of the molecule is CN1CCn2ncc(CNC(=O)[C@H](O)c3ccccc3Cl)c2C1. The van der Waals surface area contributed by atoms with Crippen molar-refractivity contribution >= 4 is 17.5 Å². The summed E-state index contributed by atoms with van der Waals surface area (Å²) < 4.78 is 1.96. The Labute approximate surface area is 139 Å². The van der Waals surface area contributed by atoms with Gasteiger partial charge in [0.1, 0.15) is 0 Å². The van der Waals surface area contributed by atoms with Crippen LogP contribution in [0, 0.1) is 0 Å². The molecule has 1 aliphatic heterocycles. The van der Waals surface area contributed by atoms with Gasteiger partial charge in [0, 0.05) is 35.8 Å². The Balaban J connectivity index is 1.66. The molecule has 0 aliphatic carbocycles. The van der Waals surface area contributed by atoms with Gasteiger partial charge in [0.2, 0.25) is 0 Å². The number of hydrogen-bond donors (Lipinski definition) is 2. The molecule has 1 aliphatic rings. The van der Waals surface area contributed by atoms with E-state index in [0.717, 1.165) is 30.9 Å². The number of carbonyl (C=O) groups excluding carboxylic acids is 1. The van der Waals surface area contributed by atoms with Crippen molar-refractivity contribution in [3.63, 3.8) is 0 Å². The minimum atomic E-state index is -1.28. The van der Waals surface area contributed by atoms with Gasteiger partial charge in [-0.2, -0.15) is 5.10 Å². The zero-order valence-electron chi connectivity index (χ0n) is 12.9. The lowest BCUT2D eigenvalue weighted by Crippen LogP contribution is -2.33. The number of fused-ring (bicyclic) bond motifs is 1. The summed E-state index contributed by atoms with van der Waals surface area (Å²) in [5, 5.41) is 17.6. The average Bonchev–Trinajstić information content (AvgIpc) is 2.94. The number of rotatable bonds is 4. The number of halogens is 1. The molecule has 1 amide bonds. The zero-order valence-corrected chi connectivity index (χ0v) is 13.6. The first-order chi connectivity index (χ1) is 11.1. The highest BCUT2D eigenvalue weighted by atomic mass is 35.5. The van der Waals surface area contributed by atoms with Gasteiger partial charge in [0.15, 0.2) is 6.10 Å². The summed E-state index contributed by atoms with van der Waals surface area (Å²) in [6, 6.07) is 6.79. The van der Waals surface area contributed by atoms with Crippen LogP contribution in [-0.4, -0.2) is 39.3 Å². The van der Waals surface area contributed by atoms with Crippen LogP contribution in [0.2, 0.25) is 5.02 Å². The van der Waals surface area contributed by atoms with Crippen LogP contribution in [0.3, 0.4) is 0 Å². The van der Waals surface area contributed by atoms with Gasteiger partial charge in [-0.3, -0.25) is 14.4 Å². The number of aliphatic hydroxyl groups excluding tert-OH is 1. The maximum atomic E-state index is 12.2. The molecular weight excluding hydrogens is 316 g/mol. The molecule has 2 aromatic rings. The fourth-order valence-electron chi connectivity index (χ4n) is 2.69. The Morgan fingerprint density at radius 1 is 1.43 bits per heavy atom. The Morgan fingerprint density at radius 3 is 3.00 bits per heavy atom. The van der Waals surface area contributed by atoms with Gasteiger partial charge in [-0.05, 0) is 13.1 Å². The molecule has 1 atom stereocenters. The lowest BCUT2D eigenvalue weighted by molar-refractivity contribution is -0.129. The van der Waals surface area contributed by atoms with E-state index in [1.54, 1.807) is 30.5 Å². The quantitative estimate of drug-likeness (QED) is 0.885. The summed E-state index contributed by atoms with van der Waals surface area (Å²) >= 11 is 6.01. The lowest BCUT2D eigenvalue weighted by atomic mass is 10.1. The first-order valence-corrected chi connectivity index (χ1v) is 7.86. The maximum absolute atomic E-state index is 12.2. The molecule has 122 valence electrons. The van der Waals surface area contributed by atoms with Gasteiger partial charge in [-0.25, -0.2) is 0 Å². The topological polar surface area (TPSA) is 70.4 Å². The Hall–Kier alpha value is -1.89. The first kappa shape index (κ1) is 16.0. The molecule has 0 unspecified atom stereocenters. The number of amides is 1. The van der Waals surface area contributed by atoms with Gasteiger partial charge in [0.05, 0.1) is 18.4 Å². The molecule has 23 heavy (non-hydrogen) atoms. The summed E-state index contributed by atoms with van der Waals surface area (Å²) in [6.07, 6.45) is 0.495. The van der Waals surface area contributed by atoms with Crippen LogP contribution in [0.4, 0.5) is 0 Å². The largest absolute Gasteiger partial charge is 0.378 e. The molecule has 2 heterocycles. The van der Waals surface area contributed by atoms with Crippen LogP contribution >= 0.6 is 11.6 Å². The van der Waals surface area contributed by atoms with Gasteiger partial charge < -0.3 is 10.4 Å². The second-order valence-corrected chi connectivity index (χ2v) is 6.13. The minimum Gasteiger partial charge on any atom is -0.378 e. The lowest BCUT2D eigenvalue weighted by Gasteiger charge is -2.24. The van der Waals surface area contributed by atoms with Crippen LogP contribution in [0.5, 0.6) is 0 Å². The van der Waals surface area contributed by atoms with Crippen LogP contribution in [0.25, 0.3) is 0 Å². The molecule has 0 saturated carbocycles. The smallest absolute Gasteiger partial charge is 0.253 e. The molecule has 0 spiro atoms. The third-order valence-corrected chi connectivity index (χ3v) is 4.39. The predicted octanol–water partition coefficient (Wildman–Crippen LogP) is 1.33. The van der Waals surface area contributed by atoms with Crippen LogP contribution in [0.1, 0.15) is 22.9 Å². The molecule has 3 rings (SSSR count). The normalized spacial score (nSPS) is 16.0. The molecular formula is C16H19ClN4O2. The molecule has 2 N–H and O–H groups in total. The highest BCUT2D eigenvalue weighted by Crippen LogP contribution is 2.23. The fraction of sp³-hybridized carbons (Fsp3) is 0.375. The van der Waals surface area contributed by atoms with E-state index in [1.165, 1.54) is 0 Å². The molecule has 1 aromatic heterocycles. The second kappa shape index (κ2) is 6.70. The van der Waals surface area contributed by atoms with Crippen LogP contribution in [-0.2, 0) is 24.4 Å². The first-order valence-electron chi connectivity index (χ1n) is 7.48. The maximum Gasteiger partial charge on any atom is 0.253 e. The van der Waals surface area contributed by atoms with E-state index in [4.69, 9.17) is 11.6 Å². The van der Waals surface area contributed by atoms with Crippen molar-refractivity contribution in [2.75, 3.05) is 13.6 Å². The molecule has 6 nitrogen and oxygen atoms in total. The zero-order chi connectivity index (χ0) is 16.4. The summed E-state index contributed by atoms with van der Waals surface area (Å²) in [7, 11) is 2.06. The summed E-state index contributed by atoms with van der Waals surface area (Å²) in [6.45, 7) is 2.95. The molecule has 1 aromatic carbocycles. The van der Waals surface area contributed by atoms with Crippen molar-refractivity contribution < 1.29 is 9.90 Å². The molecule has 0 radical (unpaired) electrons. The Morgan fingerprint density at radius 2 is 2.22 bits per heavy atom. The second-order valence-electron chi connectivity index (χ2n) is 5.72. The molecule has 0 bridgehead atoms. The third-order valence-electron chi connectivity index (χ3n) is 4.05. The van der Waals surface area contributed by atoms with Crippen molar-refractivity contribution in [1.29, 1.82) is 0 Å². The predicted molar refractivity (Wildman–Crippen MR) is 86.8 cm³/mol. The molecule has 7 heteroatoms. The number of likely N-dealkylation sites (N-methyl/N-ethyl adjacent to an activating group) is 1. The standard InChI is InChI=1S/C16H19ClN4O2/c1-20-6-7-21-14(10-20)11(9-19-21)8-18-16(23)15(22)12-4-2-3-5-13(12)17/h2-5,9,15,22H,6-8,10H2,1H3,(H,18,23)/t15-/m1/s1. The van der Waals surface area contributed by atoms with Crippen molar-refractivity contribution in [3.05, 3.63) is 52.3 Å². The van der Waals surface area contributed by atoms with E-state index in [1.807, 2.05) is 4.68 Å². The van der Waals surface area contributed by atoms with E-state index in [2.05, 4.69) is 22.4 Å². The molecule has 0 fully saturated rings. The fourth-order valence-corrected chi connectivity index (χ4v) is 2.93. The number of carbonyl (C=O) groups is 1. The van der Waals surface area contributed by atoms with E-state index in [9.17, 15) is 9.90 Å². The van der Waals surface area contributed by atoms with E-state index in [-0.39, 0.29) is 0 Å².